The summed E-state index contributed by atoms with van der Waals surface area (Å²) < 4.78 is 24.9. The molecule has 0 aromatic carbocycles. The Bertz CT molecular complexity index is 514. The maximum atomic E-state index is 12.4. The summed E-state index contributed by atoms with van der Waals surface area (Å²) in [6, 6.07) is 0. The molecule has 86 valence electrons. The van der Waals surface area contributed by atoms with Crippen molar-refractivity contribution in [3.05, 3.63) is 37.8 Å². The van der Waals surface area contributed by atoms with Gasteiger partial charge >= 0.3 is 0 Å². The monoisotopic (exact) mass is 252 g/mol. The molecule has 0 atom stereocenters. The highest BCUT2D eigenvalue weighted by molar-refractivity contribution is 6.68. The Kier molecular flexibility index (Phi) is 3.33. The van der Waals surface area contributed by atoms with E-state index in [-0.39, 0.29) is 0 Å². The molecule has 1 aromatic heterocycles. The van der Waals surface area contributed by atoms with Crippen LogP contribution in [0.5, 0.6) is 0 Å². The van der Waals surface area contributed by atoms with Gasteiger partial charge in [0.1, 0.15) is 11.1 Å². The minimum Gasteiger partial charge on any atom is -0.322 e. The molecule has 6 nitrogen and oxygen atoms in total. The molecule has 0 amide bonds. The van der Waals surface area contributed by atoms with Crippen LogP contribution in [0.25, 0.3) is 0 Å². The first-order chi connectivity index (χ1) is 7.36. The van der Waals surface area contributed by atoms with E-state index in [1.54, 1.807) is 4.98 Å². The lowest BCUT2D eigenvalue weighted by atomic mass is 10.1. The maximum absolute atomic E-state index is 12.4. The van der Waals surface area contributed by atoms with Crippen molar-refractivity contribution in [1.82, 2.24) is 4.98 Å². The molecule has 9 heteroatoms. The van der Waals surface area contributed by atoms with Gasteiger partial charge in [0, 0.05) is 0 Å². The average Bonchev–Trinajstić information content (AvgIpc) is 2.15. The molecule has 1 N–H and O–H groups in total. The van der Waals surface area contributed by atoms with Gasteiger partial charge in [0.05, 0.1) is 11.1 Å². The number of nitro groups is 1. The third-order valence-corrected chi connectivity index (χ3v) is 1.91. The Morgan fingerprint density at radius 3 is 2.50 bits per heavy atom. The zero-order valence-corrected chi connectivity index (χ0v) is 8.12. The zero-order chi connectivity index (χ0) is 12.5. The summed E-state index contributed by atoms with van der Waals surface area (Å²) >= 11 is 4.94. The Labute approximate surface area is 91.0 Å². The number of nitrogens with one attached hydrogen (secondary N) is 1. The van der Waals surface area contributed by atoms with Crippen molar-refractivity contribution >= 4 is 22.5 Å². The van der Waals surface area contributed by atoms with Gasteiger partial charge in [-0.3, -0.25) is 19.7 Å². The Morgan fingerprint density at radius 1 is 1.56 bits per heavy atom. The first kappa shape index (κ1) is 12.2. The van der Waals surface area contributed by atoms with E-state index in [1.807, 2.05) is 0 Å². The number of H-pyrrole nitrogens is 1. The topological polar surface area (TPSA) is 93.1 Å². The second-order valence-electron chi connectivity index (χ2n) is 2.62. The van der Waals surface area contributed by atoms with E-state index in [4.69, 9.17) is 11.6 Å². The number of aromatic nitrogens is 1. The van der Waals surface area contributed by atoms with Gasteiger partial charge in [0.15, 0.2) is 0 Å². The molecule has 0 saturated heterocycles. The Hall–Kier alpha value is -1.83. The molecular weight excluding hydrogens is 250 g/mol. The molecule has 0 spiro atoms. The highest BCUT2D eigenvalue weighted by Crippen LogP contribution is 2.27. The van der Waals surface area contributed by atoms with Gasteiger partial charge in [-0.15, -0.1) is 0 Å². The van der Waals surface area contributed by atoms with Crippen LogP contribution in [-0.2, 0) is 0 Å². The van der Waals surface area contributed by atoms with Gasteiger partial charge < -0.3 is 4.98 Å². The van der Waals surface area contributed by atoms with Crippen LogP contribution in [0.2, 0.25) is 0 Å². The molecule has 16 heavy (non-hydrogen) atoms. The fourth-order valence-corrected chi connectivity index (χ4v) is 1.29. The SMILES string of the molecule is O=C(Cl)c1c([N+](=O)[O-])c[nH]c(=O)c1C(F)F. The molecule has 0 fully saturated rings. The molecule has 1 aromatic rings. The second kappa shape index (κ2) is 4.35. The van der Waals surface area contributed by atoms with Crippen LogP contribution >= 0.6 is 11.6 Å². The highest BCUT2D eigenvalue weighted by atomic mass is 35.5. The van der Waals surface area contributed by atoms with Crippen LogP contribution in [0, 0.1) is 10.1 Å². The molecule has 0 aliphatic heterocycles. The summed E-state index contributed by atoms with van der Waals surface area (Å²) in [6.45, 7) is 0. The van der Waals surface area contributed by atoms with Crippen LogP contribution in [0.3, 0.4) is 0 Å². The average molecular weight is 253 g/mol. The lowest BCUT2D eigenvalue weighted by Gasteiger charge is -2.03. The maximum Gasteiger partial charge on any atom is 0.298 e. The zero-order valence-electron chi connectivity index (χ0n) is 7.37. The quantitative estimate of drug-likeness (QED) is 0.502. The standard InChI is InChI=1S/C7H3ClF2N2O4/c8-5(13)3-2(12(15)16)1-11-7(14)4(3)6(9)10/h1,6H,(H,11,14). The smallest absolute Gasteiger partial charge is 0.298 e. The molecule has 0 unspecified atom stereocenters. The van der Waals surface area contributed by atoms with E-state index in [0.717, 1.165) is 0 Å². The largest absolute Gasteiger partial charge is 0.322 e. The van der Waals surface area contributed by atoms with E-state index < -0.39 is 39.0 Å². The van der Waals surface area contributed by atoms with Gasteiger partial charge in [-0.2, -0.15) is 0 Å². The summed E-state index contributed by atoms with van der Waals surface area (Å²) in [5.74, 6) is 0. The molecule has 0 aliphatic rings. The molecule has 0 aliphatic carbocycles. The van der Waals surface area contributed by atoms with Crippen molar-refractivity contribution in [2.75, 3.05) is 0 Å². The summed E-state index contributed by atoms with van der Waals surface area (Å²) in [6.07, 6.45) is -2.79. The lowest BCUT2D eigenvalue weighted by molar-refractivity contribution is -0.385. The first-order valence-corrected chi connectivity index (χ1v) is 4.12. The molecule has 0 bridgehead atoms. The van der Waals surface area contributed by atoms with Crippen molar-refractivity contribution in [3.63, 3.8) is 0 Å². The minimum absolute atomic E-state index is 0.545. The second-order valence-corrected chi connectivity index (χ2v) is 2.97. The van der Waals surface area contributed by atoms with E-state index in [2.05, 4.69) is 0 Å². The van der Waals surface area contributed by atoms with Crippen molar-refractivity contribution < 1.29 is 18.5 Å². The molecule has 0 radical (unpaired) electrons. The number of rotatable bonds is 3. The van der Waals surface area contributed by atoms with Gasteiger partial charge in [-0.1, -0.05) is 0 Å². The number of hydrogen-bond donors (Lipinski definition) is 1. The number of pyridine rings is 1. The van der Waals surface area contributed by atoms with Gasteiger partial charge in [0.2, 0.25) is 0 Å². The van der Waals surface area contributed by atoms with Crippen molar-refractivity contribution in [1.29, 1.82) is 0 Å². The fourth-order valence-electron chi connectivity index (χ4n) is 1.09. The van der Waals surface area contributed by atoms with Crippen molar-refractivity contribution in [2.24, 2.45) is 0 Å². The van der Waals surface area contributed by atoms with Gasteiger partial charge in [0.25, 0.3) is 22.9 Å². The van der Waals surface area contributed by atoms with E-state index in [1.165, 1.54) is 0 Å². The van der Waals surface area contributed by atoms with E-state index >= 15 is 0 Å². The number of aromatic amines is 1. The van der Waals surface area contributed by atoms with Crippen LogP contribution in [0.15, 0.2) is 11.0 Å². The molecule has 1 heterocycles. The van der Waals surface area contributed by atoms with Gasteiger partial charge in [-0.25, -0.2) is 8.78 Å². The van der Waals surface area contributed by atoms with E-state index in [0.29, 0.717) is 6.20 Å². The van der Waals surface area contributed by atoms with Crippen LogP contribution in [0.4, 0.5) is 14.5 Å². The van der Waals surface area contributed by atoms with Gasteiger partial charge in [-0.05, 0) is 11.6 Å². The lowest BCUT2D eigenvalue weighted by Crippen LogP contribution is -2.19. The normalized spacial score (nSPS) is 10.5. The summed E-state index contributed by atoms with van der Waals surface area (Å²) in [5.41, 5.74) is -4.63. The third kappa shape index (κ3) is 2.06. The molecule has 1 rings (SSSR count). The predicted octanol–water partition coefficient (Wildman–Crippen LogP) is 1.60. The van der Waals surface area contributed by atoms with E-state index in [9.17, 15) is 28.5 Å². The predicted molar refractivity (Wildman–Crippen MR) is 48.9 cm³/mol. The number of alkyl halides is 2. The first-order valence-electron chi connectivity index (χ1n) is 3.74. The molecular formula is C7H3ClF2N2O4. The molecule has 0 saturated carbocycles. The summed E-state index contributed by atoms with van der Waals surface area (Å²) in [4.78, 5) is 32.9. The Morgan fingerprint density at radius 2 is 2.12 bits per heavy atom. The fraction of sp³-hybridized carbons (Fsp3) is 0.143. The number of carbonyl (C=O) groups is 1. The van der Waals surface area contributed by atoms with Crippen molar-refractivity contribution in [3.8, 4) is 0 Å². The number of nitrogens with zero attached hydrogens (tertiary/aromatic N) is 1. The summed E-state index contributed by atoms with van der Waals surface area (Å²) in [7, 11) is 0. The minimum atomic E-state index is -3.33. The number of hydrogen-bond acceptors (Lipinski definition) is 4. The highest BCUT2D eigenvalue weighted by Gasteiger charge is 2.30. The van der Waals surface area contributed by atoms with Crippen molar-refractivity contribution in [2.45, 2.75) is 6.43 Å². The Balaban J connectivity index is 3.70. The summed E-state index contributed by atoms with van der Waals surface area (Å²) in [5, 5.41) is 8.96. The van der Waals surface area contributed by atoms with Crippen LogP contribution in [0.1, 0.15) is 22.3 Å². The van der Waals surface area contributed by atoms with Crippen LogP contribution in [-0.4, -0.2) is 15.1 Å². The third-order valence-electron chi connectivity index (χ3n) is 1.72. The number of carbonyl (C=O) groups excluding carboxylic acids is 1. The van der Waals surface area contributed by atoms with Crippen LogP contribution < -0.4 is 5.56 Å². The number of halogens is 3.